The van der Waals surface area contributed by atoms with Crippen molar-refractivity contribution in [1.82, 2.24) is 14.8 Å². The Labute approximate surface area is 162 Å². The van der Waals surface area contributed by atoms with Crippen LogP contribution in [-0.2, 0) is 11.3 Å². The normalized spacial score (nSPS) is 22.9. The summed E-state index contributed by atoms with van der Waals surface area (Å²) in [5.41, 5.74) is 6.94. The smallest absolute Gasteiger partial charge is 0.248 e. The zero-order valence-corrected chi connectivity index (χ0v) is 16.5. The third-order valence-electron chi connectivity index (χ3n) is 4.58. The summed E-state index contributed by atoms with van der Waals surface area (Å²) in [6.45, 7) is 2.55. The van der Waals surface area contributed by atoms with Crippen LogP contribution in [0.5, 0.6) is 0 Å². The van der Waals surface area contributed by atoms with Gasteiger partial charge in [-0.3, -0.25) is 10.1 Å². The Morgan fingerprint density at radius 1 is 1.48 bits per heavy atom. The average molecular weight is 429 g/mol. The summed E-state index contributed by atoms with van der Waals surface area (Å²) in [4.78, 5) is 16.7. The van der Waals surface area contributed by atoms with Crippen LogP contribution in [0.15, 0.2) is 35.1 Å². The van der Waals surface area contributed by atoms with E-state index in [0.717, 1.165) is 35.7 Å². The summed E-state index contributed by atoms with van der Waals surface area (Å²) >= 11 is 3.45. The zero-order chi connectivity index (χ0) is 17.2. The first-order valence-electron chi connectivity index (χ1n) is 8.18. The van der Waals surface area contributed by atoms with Gasteiger partial charge in [0.05, 0.1) is 12.5 Å². The Balaban J connectivity index is 0.00000225. The lowest BCUT2D eigenvalue weighted by Crippen LogP contribution is -2.51. The molecule has 2 unspecified atom stereocenters. The van der Waals surface area contributed by atoms with Gasteiger partial charge in [-0.2, -0.15) is 0 Å². The number of nitrogens with one attached hydrogen (secondary N) is 1. The summed E-state index contributed by atoms with van der Waals surface area (Å²) in [7, 11) is 0. The minimum atomic E-state index is -0.457. The van der Waals surface area contributed by atoms with Gasteiger partial charge in [0.1, 0.15) is 6.33 Å². The van der Waals surface area contributed by atoms with Crippen molar-refractivity contribution in [1.29, 1.82) is 0 Å². The Hall–Kier alpha value is -1.44. The minimum Gasteiger partial charge on any atom is -0.325 e. The van der Waals surface area contributed by atoms with Crippen LogP contribution in [0.25, 0.3) is 0 Å². The quantitative estimate of drug-likeness (QED) is 0.782. The van der Waals surface area contributed by atoms with Crippen molar-refractivity contribution in [2.45, 2.75) is 44.7 Å². The summed E-state index contributed by atoms with van der Waals surface area (Å²) in [5.74, 6) is 0.0551. The van der Waals surface area contributed by atoms with E-state index in [1.807, 2.05) is 31.2 Å². The molecule has 6 nitrogen and oxygen atoms in total. The van der Waals surface area contributed by atoms with Crippen LogP contribution in [0.1, 0.15) is 38.2 Å². The molecule has 3 N–H and O–H groups in total. The second-order valence-electron chi connectivity index (χ2n) is 6.69. The van der Waals surface area contributed by atoms with E-state index in [2.05, 4.69) is 31.3 Å². The summed E-state index contributed by atoms with van der Waals surface area (Å²) < 4.78 is 2.73. The molecule has 1 aromatic heterocycles. The van der Waals surface area contributed by atoms with Crippen LogP contribution < -0.4 is 11.1 Å². The number of rotatable bonds is 4. The molecule has 8 heteroatoms. The van der Waals surface area contributed by atoms with Gasteiger partial charge in [-0.05, 0) is 37.5 Å². The van der Waals surface area contributed by atoms with Crippen LogP contribution in [0.4, 0.5) is 5.95 Å². The molecule has 1 saturated carbocycles. The molecule has 3 rings (SSSR count). The highest BCUT2D eigenvalue weighted by Gasteiger charge is 2.38. The lowest BCUT2D eigenvalue weighted by molar-refractivity contribution is -0.122. The zero-order valence-electron chi connectivity index (χ0n) is 14.1. The first-order chi connectivity index (χ1) is 11.4. The molecule has 25 heavy (non-hydrogen) atoms. The molecule has 1 amide bonds. The fourth-order valence-electron chi connectivity index (χ4n) is 3.24. The fraction of sp³-hybridized carbons (Fsp3) is 0.471. The lowest BCUT2D eigenvalue weighted by atomic mass is 9.74. The number of hydrogen-bond acceptors (Lipinski definition) is 4. The number of halogens is 2. The van der Waals surface area contributed by atoms with E-state index in [1.165, 1.54) is 0 Å². The third kappa shape index (κ3) is 5.03. The first-order valence-corrected chi connectivity index (χ1v) is 8.97. The topological polar surface area (TPSA) is 85.8 Å². The molecule has 0 saturated heterocycles. The van der Waals surface area contributed by atoms with Crippen molar-refractivity contribution in [2.75, 3.05) is 5.32 Å². The number of hydrogen-bond donors (Lipinski definition) is 2. The van der Waals surface area contributed by atoms with Crippen molar-refractivity contribution in [2.24, 2.45) is 11.7 Å². The number of amides is 1. The molecular formula is C17H23BrClN5O. The first kappa shape index (κ1) is 19.9. The summed E-state index contributed by atoms with van der Waals surface area (Å²) in [6.07, 6.45) is 5.43. The molecule has 1 aliphatic rings. The van der Waals surface area contributed by atoms with E-state index >= 15 is 0 Å². The molecule has 1 fully saturated rings. The van der Waals surface area contributed by atoms with Gasteiger partial charge < -0.3 is 5.73 Å². The van der Waals surface area contributed by atoms with Gasteiger partial charge in [-0.15, -0.1) is 17.5 Å². The van der Waals surface area contributed by atoms with Crippen molar-refractivity contribution in [3.05, 3.63) is 40.6 Å². The Kier molecular flexibility index (Phi) is 6.59. The van der Waals surface area contributed by atoms with Gasteiger partial charge >= 0.3 is 0 Å². The molecule has 2 aromatic rings. The maximum Gasteiger partial charge on any atom is 0.248 e. The number of carbonyl (C=O) groups excluding carboxylic acids is 1. The van der Waals surface area contributed by atoms with Gasteiger partial charge in [-0.1, -0.05) is 40.9 Å². The molecule has 0 aliphatic heterocycles. The number of benzene rings is 1. The predicted molar refractivity (Wildman–Crippen MR) is 104 cm³/mol. The molecule has 0 radical (unpaired) electrons. The Morgan fingerprint density at radius 3 is 3.00 bits per heavy atom. The maximum atomic E-state index is 12.5. The highest BCUT2D eigenvalue weighted by Crippen LogP contribution is 2.32. The molecule has 1 aliphatic carbocycles. The second-order valence-corrected chi connectivity index (χ2v) is 7.60. The maximum absolute atomic E-state index is 12.5. The largest absolute Gasteiger partial charge is 0.325 e. The van der Waals surface area contributed by atoms with Gasteiger partial charge in [0.2, 0.25) is 11.9 Å². The average Bonchev–Trinajstić information content (AvgIpc) is 2.93. The van der Waals surface area contributed by atoms with E-state index in [1.54, 1.807) is 11.0 Å². The van der Waals surface area contributed by atoms with Crippen LogP contribution in [0, 0.1) is 5.92 Å². The number of anilines is 1. The molecule has 136 valence electrons. The standard InChI is InChI=1S/C17H22BrN5O.ClH/c1-17(19)8-3-2-7-14(17)15(24)21-16-20-11-23(22-16)10-12-5-4-6-13(18)9-12;/h4-6,9,11,14H,2-3,7-8,10,19H2,1H3,(H,21,22,24);1H. The van der Waals surface area contributed by atoms with Gasteiger partial charge in [0.25, 0.3) is 0 Å². The van der Waals surface area contributed by atoms with Crippen molar-refractivity contribution in [3.8, 4) is 0 Å². The number of nitrogens with two attached hydrogens (primary N) is 1. The van der Waals surface area contributed by atoms with Gasteiger partial charge in [-0.25, -0.2) is 9.67 Å². The number of aromatic nitrogens is 3. The molecule has 1 heterocycles. The van der Waals surface area contributed by atoms with Crippen LogP contribution in [0.2, 0.25) is 0 Å². The fourth-order valence-corrected chi connectivity index (χ4v) is 3.68. The van der Waals surface area contributed by atoms with Crippen LogP contribution >= 0.6 is 28.3 Å². The van der Waals surface area contributed by atoms with Crippen LogP contribution in [-0.4, -0.2) is 26.2 Å². The predicted octanol–water partition coefficient (Wildman–Crippen LogP) is 3.36. The van der Waals surface area contributed by atoms with Gasteiger partial charge in [0, 0.05) is 10.0 Å². The number of nitrogens with zero attached hydrogens (tertiary/aromatic N) is 3. The van der Waals surface area contributed by atoms with Crippen molar-refractivity contribution in [3.63, 3.8) is 0 Å². The highest BCUT2D eigenvalue weighted by atomic mass is 79.9. The lowest BCUT2D eigenvalue weighted by Gasteiger charge is -2.36. The molecule has 1 aromatic carbocycles. The van der Waals surface area contributed by atoms with E-state index in [4.69, 9.17) is 5.73 Å². The van der Waals surface area contributed by atoms with Crippen molar-refractivity contribution >= 4 is 40.2 Å². The van der Waals surface area contributed by atoms with E-state index < -0.39 is 5.54 Å². The van der Waals surface area contributed by atoms with E-state index in [-0.39, 0.29) is 24.2 Å². The molecule has 0 bridgehead atoms. The molecule has 0 spiro atoms. The SMILES string of the molecule is CC1(N)CCCCC1C(=O)Nc1ncn(Cc2cccc(Br)c2)n1.Cl. The van der Waals surface area contributed by atoms with Crippen molar-refractivity contribution < 1.29 is 4.79 Å². The Morgan fingerprint density at radius 2 is 2.28 bits per heavy atom. The second kappa shape index (κ2) is 8.29. The number of carbonyl (C=O) groups is 1. The third-order valence-corrected chi connectivity index (χ3v) is 5.07. The molecule has 2 atom stereocenters. The van der Waals surface area contributed by atoms with E-state index in [0.29, 0.717) is 12.5 Å². The summed E-state index contributed by atoms with van der Waals surface area (Å²) in [5, 5.41) is 7.15. The molecular weight excluding hydrogens is 406 g/mol. The highest BCUT2D eigenvalue weighted by molar-refractivity contribution is 9.10. The van der Waals surface area contributed by atoms with Gasteiger partial charge in [0.15, 0.2) is 0 Å². The minimum absolute atomic E-state index is 0. The monoisotopic (exact) mass is 427 g/mol. The summed E-state index contributed by atoms with van der Waals surface area (Å²) in [6, 6.07) is 8.00. The van der Waals surface area contributed by atoms with E-state index in [9.17, 15) is 4.79 Å². The Bertz CT molecular complexity index is 733. The van der Waals surface area contributed by atoms with Crippen LogP contribution in [0.3, 0.4) is 0 Å².